The van der Waals surface area contributed by atoms with Gasteiger partial charge in [-0.15, -0.1) is 0 Å². The molecule has 1 atom stereocenters. The van der Waals surface area contributed by atoms with Gasteiger partial charge in [-0.05, 0) is 61.8 Å². The van der Waals surface area contributed by atoms with Crippen molar-refractivity contribution < 1.29 is 0 Å². The number of hydrogen-bond acceptors (Lipinski definition) is 1. The number of hydrogen-bond donors (Lipinski definition) is 0. The van der Waals surface area contributed by atoms with Crippen LogP contribution in [0.2, 0.25) is 0 Å². The second-order valence-corrected chi connectivity index (χ2v) is 6.50. The van der Waals surface area contributed by atoms with Crippen LogP contribution in [0.4, 0.5) is 5.69 Å². The molecule has 0 radical (unpaired) electrons. The lowest BCUT2D eigenvalue weighted by atomic mass is 9.86. The molecule has 1 unspecified atom stereocenters. The Morgan fingerprint density at radius 2 is 1.95 bits per heavy atom. The zero-order chi connectivity index (χ0) is 14.5. The topological polar surface area (TPSA) is 12.4 Å². The molecule has 0 N–H and O–H groups in total. The zero-order valence-electron chi connectivity index (χ0n) is 13.3. The Morgan fingerprint density at radius 3 is 2.55 bits per heavy atom. The number of benzene rings is 1. The predicted octanol–water partition coefficient (Wildman–Crippen LogP) is 6.04. The average molecular weight is 269 g/mol. The van der Waals surface area contributed by atoms with E-state index in [1.54, 1.807) is 5.57 Å². The Hall–Kier alpha value is -1.37. The monoisotopic (exact) mass is 269 g/mol. The second kappa shape index (κ2) is 6.88. The van der Waals surface area contributed by atoms with Gasteiger partial charge in [0.05, 0.1) is 5.69 Å². The molecule has 2 rings (SSSR count). The van der Waals surface area contributed by atoms with E-state index in [1.807, 2.05) is 0 Å². The van der Waals surface area contributed by atoms with Crippen molar-refractivity contribution >= 4 is 11.4 Å². The third-order valence-corrected chi connectivity index (χ3v) is 4.08. The molecule has 0 amide bonds. The van der Waals surface area contributed by atoms with Gasteiger partial charge in [0.25, 0.3) is 0 Å². The predicted molar refractivity (Wildman–Crippen MR) is 89.0 cm³/mol. The fraction of sp³-hybridized carbons (Fsp3) is 0.526. The Balaban J connectivity index is 2.07. The van der Waals surface area contributed by atoms with Crippen molar-refractivity contribution in [3.05, 3.63) is 41.5 Å². The van der Waals surface area contributed by atoms with Crippen LogP contribution in [-0.2, 0) is 0 Å². The van der Waals surface area contributed by atoms with Gasteiger partial charge in [-0.25, -0.2) is 0 Å². The molecule has 1 aromatic rings. The molecule has 0 heterocycles. The molecule has 0 saturated heterocycles. The molecule has 108 valence electrons. The molecule has 0 spiro atoms. The number of aliphatic imine (C=N–C) groups is 1. The molecule has 1 aliphatic carbocycles. The Bertz CT molecular complexity index is 491. The van der Waals surface area contributed by atoms with E-state index >= 15 is 0 Å². The molecule has 1 saturated carbocycles. The largest absolute Gasteiger partial charge is 0.254 e. The van der Waals surface area contributed by atoms with Crippen molar-refractivity contribution in [1.82, 2.24) is 0 Å². The number of allylic oxidation sites excluding steroid dienone is 2. The van der Waals surface area contributed by atoms with Gasteiger partial charge < -0.3 is 0 Å². The van der Waals surface area contributed by atoms with E-state index in [2.05, 4.69) is 58.0 Å². The fourth-order valence-electron chi connectivity index (χ4n) is 2.93. The Kier molecular flexibility index (Phi) is 5.17. The van der Waals surface area contributed by atoms with E-state index in [-0.39, 0.29) is 0 Å². The molecular formula is C19H27N. The van der Waals surface area contributed by atoms with Gasteiger partial charge in [0.15, 0.2) is 0 Å². The summed E-state index contributed by atoms with van der Waals surface area (Å²) >= 11 is 0. The molecular weight excluding hydrogens is 242 g/mol. The first-order chi connectivity index (χ1) is 9.54. The standard InChI is InChI=1S/C19H27N/c1-14(2)18-8-10-19(11-9-18)20-16(4)13-17-7-5-6-15(3)12-17/h8-11,13-15H,5-7,12H2,1-4H3/b17-13-,20-16?. The summed E-state index contributed by atoms with van der Waals surface area (Å²) in [6.07, 6.45) is 7.52. The van der Waals surface area contributed by atoms with E-state index in [4.69, 9.17) is 4.99 Å². The molecule has 1 nitrogen and oxygen atoms in total. The summed E-state index contributed by atoms with van der Waals surface area (Å²) in [7, 11) is 0. The molecule has 0 aromatic heterocycles. The van der Waals surface area contributed by atoms with Crippen molar-refractivity contribution in [1.29, 1.82) is 0 Å². The van der Waals surface area contributed by atoms with Crippen molar-refractivity contribution in [3.8, 4) is 0 Å². The molecule has 1 aromatic carbocycles. The van der Waals surface area contributed by atoms with Gasteiger partial charge in [0.2, 0.25) is 0 Å². The molecule has 1 aliphatic rings. The first kappa shape index (κ1) is 15.0. The van der Waals surface area contributed by atoms with E-state index in [9.17, 15) is 0 Å². The van der Waals surface area contributed by atoms with Crippen molar-refractivity contribution in [2.24, 2.45) is 10.9 Å². The lowest BCUT2D eigenvalue weighted by molar-refractivity contribution is 0.453. The molecule has 1 fully saturated rings. The summed E-state index contributed by atoms with van der Waals surface area (Å²) in [6.45, 7) is 8.91. The minimum absolute atomic E-state index is 0.583. The van der Waals surface area contributed by atoms with Crippen LogP contribution in [-0.4, -0.2) is 5.71 Å². The van der Waals surface area contributed by atoms with Crippen LogP contribution >= 0.6 is 0 Å². The van der Waals surface area contributed by atoms with Gasteiger partial charge in [-0.2, -0.15) is 0 Å². The van der Waals surface area contributed by atoms with Gasteiger partial charge in [0.1, 0.15) is 0 Å². The zero-order valence-corrected chi connectivity index (χ0v) is 13.3. The van der Waals surface area contributed by atoms with Gasteiger partial charge in [0, 0.05) is 5.71 Å². The first-order valence-electron chi connectivity index (χ1n) is 7.89. The highest BCUT2D eigenvalue weighted by Crippen LogP contribution is 2.28. The van der Waals surface area contributed by atoms with E-state index in [0.29, 0.717) is 5.92 Å². The summed E-state index contributed by atoms with van der Waals surface area (Å²) in [6, 6.07) is 8.63. The van der Waals surface area contributed by atoms with Crippen LogP contribution in [0.5, 0.6) is 0 Å². The third kappa shape index (κ3) is 4.33. The van der Waals surface area contributed by atoms with Gasteiger partial charge >= 0.3 is 0 Å². The lowest BCUT2D eigenvalue weighted by Gasteiger charge is -2.20. The third-order valence-electron chi connectivity index (χ3n) is 4.08. The highest BCUT2D eigenvalue weighted by atomic mass is 14.7. The molecule has 1 heteroatoms. The van der Waals surface area contributed by atoms with Crippen LogP contribution in [0, 0.1) is 5.92 Å². The van der Waals surface area contributed by atoms with Crippen LogP contribution in [0.1, 0.15) is 64.9 Å². The Labute approximate surface area is 123 Å². The SMILES string of the molecule is CC(/C=C1/CCCC(C)C1)=Nc1ccc(C(C)C)cc1. The van der Waals surface area contributed by atoms with Crippen molar-refractivity contribution in [2.45, 2.75) is 59.3 Å². The van der Waals surface area contributed by atoms with Crippen LogP contribution in [0.25, 0.3) is 0 Å². The Morgan fingerprint density at radius 1 is 1.25 bits per heavy atom. The maximum atomic E-state index is 4.72. The molecule has 0 aliphatic heterocycles. The maximum absolute atomic E-state index is 4.72. The maximum Gasteiger partial charge on any atom is 0.0633 e. The van der Waals surface area contributed by atoms with E-state index in [1.165, 1.54) is 31.2 Å². The van der Waals surface area contributed by atoms with Crippen LogP contribution < -0.4 is 0 Å². The summed E-state index contributed by atoms with van der Waals surface area (Å²) in [5, 5.41) is 0. The minimum atomic E-state index is 0.583. The highest BCUT2D eigenvalue weighted by molar-refractivity contribution is 5.95. The first-order valence-corrected chi connectivity index (χ1v) is 7.89. The lowest BCUT2D eigenvalue weighted by Crippen LogP contribution is -2.05. The number of nitrogens with zero attached hydrogens (tertiary/aromatic N) is 1. The van der Waals surface area contributed by atoms with Crippen LogP contribution in [0.3, 0.4) is 0 Å². The van der Waals surface area contributed by atoms with Crippen LogP contribution in [0.15, 0.2) is 40.9 Å². The second-order valence-electron chi connectivity index (χ2n) is 6.50. The van der Waals surface area contributed by atoms with E-state index in [0.717, 1.165) is 17.3 Å². The van der Waals surface area contributed by atoms with Crippen molar-refractivity contribution in [2.75, 3.05) is 0 Å². The smallest absolute Gasteiger partial charge is 0.0633 e. The quantitative estimate of drug-likeness (QED) is 0.593. The summed E-state index contributed by atoms with van der Waals surface area (Å²) in [5.41, 5.74) is 5.14. The summed E-state index contributed by atoms with van der Waals surface area (Å²) < 4.78 is 0. The average Bonchev–Trinajstić information content (AvgIpc) is 2.39. The van der Waals surface area contributed by atoms with Gasteiger partial charge in [-0.1, -0.05) is 44.9 Å². The fourth-order valence-corrected chi connectivity index (χ4v) is 2.93. The number of rotatable bonds is 3. The molecule has 0 bridgehead atoms. The minimum Gasteiger partial charge on any atom is -0.254 e. The molecule has 20 heavy (non-hydrogen) atoms. The van der Waals surface area contributed by atoms with Gasteiger partial charge in [-0.3, -0.25) is 4.99 Å². The summed E-state index contributed by atoms with van der Waals surface area (Å²) in [4.78, 5) is 4.72. The summed E-state index contributed by atoms with van der Waals surface area (Å²) in [5.74, 6) is 1.42. The van der Waals surface area contributed by atoms with Crippen molar-refractivity contribution in [3.63, 3.8) is 0 Å². The highest BCUT2D eigenvalue weighted by Gasteiger charge is 2.12. The normalized spacial score (nSPS) is 22.6. The van der Waals surface area contributed by atoms with E-state index < -0.39 is 0 Å².